The molecule has 1 aromatic rings. The predicted molar refractivity (Wildman–Crippen MR) is 54.3 cm³/mol. The Morgan fingerprint density at radius 1 is 1.29 bits per heavy atom. The lowest BCUT2D eigenvalue weighted by molar-refractivity contribution is 0.592. The maximum absolute atomic E-state index is 12.9. The highest BCUT2D eigenvalue weighted by atomic mass is 32.1. The van der Waals surface area contributed by atoms with Gasteiger partial charge >= 0.3 is 0 Å². The van der Waals surface area contributed by atoms with E-state index in [4.69, 9.17) is 11.5 Å². The normalized spacial score (nSPS) is 9.57. The van der Waals surface area contributed by atoms with Gasteiger partial charge in [0.25, 0.3) is 0 Å². The smallest absolute Gasteiger partial charge is 0.182 e. The zero-order chi connectivity index (χ0) is 10.7. The Morgan fingerprint density at radius 3 is 2.21 bits per heavy atom. The van der Waals surface area contributed by atoms with Gasteiger partial charge in [-0.1, -0.05) is 0 Å². The third-order valence-corrected chi connectivity index (χ3v) is 1.51. The minimum atomic E-state index is -0.850. The van der Waals surface area contributed by atoms with E-state index in [1.165, 1.54) is 0 Å². The summed E-state index contributed by atoms with van der Waals surface area (Å²) in [6.07, 6.45) is 0. The summed E-state index contributed by atoms with van der Waals surface area (Å²) in [6.45, 7) is 0. The van der Waals surface area contributed by atoms with Crippen LogP contribution in [0.4, 0.5) is 20.2 Å². The second-order valence-electron chi connectivity index (χ2n) is 2.47. The number of rotatable bonds is 2. The molecule has 0 aliphatic heterocycles. The van der Waals surface area contributed by atoms with E-state index in [-0.39, 0.29) is 10.8 Å². The molecule has 0 atom stereocenters. The van der Waals surface area contributed by atoms with E-state index in [2.05, 4.69) is 23.1 Å². The van der Waals surface area contributed by atoms with Crippen molar-refractivity contribution in [1.29, 1.82) is 0 Å². The maximum atomic E-state index is 12.9. The van der Waals surface area contributed by atoms with Crippen molar-refractivity contribution in [2.24, 2.45) is 5.73 Å². The third kappa shape index (κ3) is 2.43. The first-order valence-electron chi connectivity index (χ1n) is 3.56. The Labute approximate surface area is 84.2 Å². The van der Waals surface area contributed by atoms with Crippen molar-refractivity contribution in [3.8, 4) is 0 Å². The molecular formula is C7H8F2N4S. The fraction of sp³-hybridized carbons (Fsp3) is 0. The zero-order valence-corrected chi connectivity index (χ0v) is 7.79. The van der Waals surface area contributed by atoms with Crippen LogP contribution in [0.5, 0.6) is 0 Å². The van der Waals surface area contributed by atoms with Gasteiger partial charge < -0.3 is 11.5 Å². The van der Waals surface area contributed by atoms with Gasteiger partial charge in [0.05, 0.1) is 5.69 Å². The molecule has 0 aromatic heterocycles. The number of thiocarbonyl (C=S) groups is 1. The summed E-state index contributed by atoms with van der Waals surface area (Å²) < 4.78 is 25.7. The van der Waals surface area contributed by atoms with E-state index < -0.39 is 17.3 Å². The van der Waals surface area contributed by atoms with Gasteiger partial charge in [0, 0.05) is 12.1 Å². The van der Waals surface area contributed by atoms with E-state index in [9.17, 15) is 8.78 Å². The van der Waals surface area contributed by atoms with Gasteiger partial charge in [-0.25, -0.2) is 8.78 Å². The number of benzene rings is 1. The summed E-state index contributed by atoms with van der Waals surface area (Å²) in [5.74, 6) is -1.70. The van der Waals surface area contributed by atoms with Crippen LogP contribution in [0.25, 0.3) is 0 Å². The van der Waals surface area contributed by atoms with E-state index in [0.717, 1.165) is 12.1 Å². The number of halogens is 2. The number of nitrogens with one attached hydrogen (secondary N) is 2. The molecule has 0 heterocycles. The molecule has 0 aliphatic carbocycles. The van der Waals surface area contributed by atoms with Crippen LogP contribution in [0.3, 0.4) is 0 Å². The van der Waals surface area contributed by atoms with Gasteiger partial charge in [0.2, 0.25) is 0 Å². The average Bonchev–Trinajstić information content (AvgIpc) is 2.10. The summed E-state index contributed by atoms with van der Waals surface area (Å²) in [4.78, 5) is 0. The predicted octanol–water partition coefficient (Wildman–Crippen LogP) is 0.707. The molecule has 6 N–H and O–H groups in total. The van der Waals surface area contributed by atoms with Crippen molar-refractivity contribution in [3.05, 3.63) is 23.8 Å². The molecule has 1 aromatic carbocycles. The number of nitrogen functional groups attached to an aromatic ring is 1. The minimum absolute atomic E-state index is 0.0392. The van der Waals surface area contributed by atoms with E-state index in [0.29, 0.717) is 0 Å². The van der Waals surface area contributed by atoms with E-state index >= 15 is 0 Å². The molecular weight excluding hydrogens is 210 g/mol. The molecule has 7 heteroatoms. The Balaban J connectivity index is 2.84. The van der Waals surface area contributed by atoms with Crippen LogP contribution in [0.1, 0.15) is 0 Å². The maximum Gasteiger partial charge on any atom is 0.182 e. The van der Waals surface area contributed by atoms with Crippen LogP contribution in [0, 0.1) is 11.6 Å². The van der Waals surface area contributed by atoms with Crippen molar-refractivity contribution in [2.45, 2.75) is 0 Å². The number of nitrogens with two attached hydrogens (primary N) is 2. The van der Waals surface area contributed by atoms with Gasteiger partial charge in [-0.05, 0) is 12.2 Å². The summed E-state index contributed by atoms with van der Waals surface area (Å²) in [5, 5.41) is -0.0392. The Kier molecular flexibility index (Phi) is 3.03. The van der Waals surface area contributed by atoms with Crippen molar-refractivity contribution in [3.63, 3.8) is 0 Å². The van der Waals surface area contributed by atoms with Crippen LogP contribution < -0.4 is 22.3 Å². The number of hydrazine groups is 1. The number of hydrogen-bond acceptors (Lipinski definition) is 3. The molecule has 0 saturated carbocycles. The molecule has 1 rings (SSSR count). The van der Waals surface area contributed by atoms with E-state index in [1.54, 1.807) is 0 Å². The molecule has 76 valence electrons. The molecule has 0 fully saturated rings. The highest BCUT2D eigenvalue weighted by molar-refractivity contribution is 7.80. The Hall–Kier alpha value is -1.63. The molecule has 0 radical (unpaired) electrons. The monoisotopic (exact) mass is 218 g/mol. The summed E-state index contributed by atoms with van der Waals surface area (Å²) in [7, 11) is 0. The number of anilines is 2. The standard InChI is InChI=1S/C7H8F2N4S/c8-4-1-3(12-13-7(11)14)2-5(9)6(4)10/h1-2,12H,10H2,(H3,11,13,14). The summed E-state index contributed by atoms with van der Waals surface area (Å²) in [6, 6.07) is 2.04. The fourth-order valence-electron chi connectivity index (χ4n) is 0.790. The second-order valence-corrected chi connectivity index (χ2v) is 2.91. The lowest BCUT2D eigenvalue weighted by Gasteiger charge is -2.08. The summed E-state index contributed by atoms with van der Waals surface area (Å²) >= 11 is 4.48. The molecule has 0 saturated heterocycles. The third-order valence-electron chi connectivity index (χ3n) is 1.41. The minimum Gasteiger partial charge on any atom is -0.394 e. The van der Waals surface area contributed by atoms with Gasteiger partial charge in [0.1, 0.15) is 5.69 Å². The first-order chi connectivity index (χ1) is 6.50. The van der Waals surface area contributed by atoms with Gasteiger partial charge in [0.15, 0.2) is 16.7 Å². The van der Waals surface area contributed by atoms with Crippen molar-refractivity contribution >= 4 is 28.7 Å². The Bertz CT molecular complexity index is 346. The first-order valence-corrected chi connectivity index (χ1v) is 3.97. The molecule has 14 heavy (non-hydrogen) atoms. The van der Waals surface area contributed by atoms with Crippen molar-refractivity contribution < 1.29 is 8.78 Å². The molecule has 0 aliphatic rings. The molecule has 0 spiro atoms. The number of hydrogen-bond donors (Lipinski definition) is 4. The van der Waals surface area contributed by atoms with Crippen LogP contribution in [0.15, 0.2) is 12.1 Å². The lowest BCUT2D eigenvalue weighted by atomic mass is 10.2. The summed E-state index contributed by atoms with van der Waals surface area (Å²) in [5.41, 5.74) is 14.5. The van der Waals surface area contributed by atoms with Gasteiger partial charge in [-0.2, -0.15) is 0 Å². The van der Waals surface area contributed by atoms with Crippen molar-refractivity contribution in [1.82, 2.24) is 5.43 Å². The topological polar surface area (TPSA) is 76.1 Å². The fourth-order valence-corrected chi connectivity index (χ4v) is 0.841. The highest BCUT2D eigenvalue weighted by Crippen LogP contribution is 2.19. The SMILES string of the molecule is NC(=S)NNc1cc(F)c(N)c(F)c1. The van der Waals surface area contributed by atoms with Crippen molar-refractivity contribution in [2.75, 3.05) is 11.2 Å². The second kappa shape index (κ2) is 4.05. The zero-order valence-electron chi connectivity index (χ0n) is 6.97. The van der Waals surface area contributed by atoms with E-state index in [1.807, 2.05) is 0 Å². The largest absolute Gasteiger partial charge is 0.394 e. The molecule has 4 nitrogen and oxygen atoms in total. The highest BCUT2D eigenvalue weighted by Gasteiger charge is 2.06. The lowest BCUT2D eigenvalue weighted by Crippen LogP contribution is -2.34. The van der Waals surface area contributed by atoms with Gasteiger partial charge in [-0.15, -0.1) is 0 Å². The first kappa shape index (κ1) is 10.5. The van der Waals surface area contributed by atoms with Crippen LogP contribution in [-0.2, 0) is 0 Å². The van der Waals surface area contributed by atoms with Crippen LogP contribution in [0.2, 0.25) is 0 Å². The molecule has 0 bridgehead atoms. The van der Waals surface area contributed by atoms with Crippen LogP contribution in [-0.4, -0.2) is 5.11 Å². The van der Waals surface area contributed by atoms with Gasteiger partial charge in [-0.3, -0.25) is 10.9 Å². The average molecular weight is 218 g/mol. The molecule has 0 unspecified atom stereocenters. The van der Waals surface area contributed by atoms with Crippen LogP contribution >= 0.6 is 12.2 Å². The molecule has 0 amide bonds. The quantitative estimate of drug-likeness (QED) is 0.334. The Morgan fingerprint density at radius 2 is 1.79 bits per heavy atom.